The summed E-state index contributed by atoms with van der Waals surface area (Å²) in [5.74, 6) is 0.999. The molecule has 0 atom stereocenters. The molecule has 5 heteroatoms. The highest BCUT2D eigenvalue weighted by molar-refractivity contribution is 6.29. The van der Waals surface area contributed by atoms with E-state index in [4.69, 9.17) is 11.6 Å². The van der Waals surface area contributed by atoms with Crippen LogP contribution in [0.15, 0.2) is 12.1 Å². The summed E-state index contributed by atoms with van der Waals surface area (Å²) in [6.07, 6.45) is 2.89. The van der Waals surface area contributed by atoms with Gasteiger partial charge >= 0.3 is 0 Å². The van der Waals surface area contributed by atoms with Gasteiger partial charge in [-0.15, -0.1) is 5.10 Å². The van der Waals surface area contributed by atoms with Gasteiger partial charge in [0.15, 0.2) is 5.15 Å². The van der Waals surface area contributed by atoms with Crippen molar-refractivity contribution in [2.24, 2.45) is 5.92 Å². The van der Waals surface area contributed by atoms with Crippen LogP contribution in [0.4, 0.5) is 0 Å². The first-order valence-electron chi connectivity index (χ1n) is 6.72. The molecule has 98 valence electrons. The molecule has 2 fully saturated rings. The molecule has 0 spiro atoms. The molecule has 0 aromatic carbocycles. The van der Waals surface area contributed by atoms with Gasteiger partial charge in [-0.25, -0.2) is 0 Å². The maximum Gasteiger partial charge on any atom is 0.151 e. The molecular weight excluding hydrogens is 248 g/mol. The lowest BCUT2D eigenvalue weighted by Gasteiger charge is -2.34. The summed E-state index contributed by atoms with van der Waals surface area (Å²) in [5, 5.41) is 8.46. The summed E-state index contributed by atoms with van der Waals surface area (Å²) in [6.45, 7) is 6.86. The van der Waals surface area contributed by atoms with E-state index in [0.29, 0.717) is 5.15 Å². The second kappa shape index (κ2) is 5.51. The highest BCUT2D eigenvalue weighted by atomic mass is 35.5. The van der Waals surface area contributed by atoms with Crippen LogP contribution in [0.25, 0.3) is 0 Å². The summed E-state index contributed by atoms with van der Waals surface area (Å²) >= 11 is 5.73. The van der Waals surface area contributed by atoms with Gasteiger partial charge in [0.1, 0.15) is 0 Å². The van der Waals surface area contributed by atoms with Gasteiger partial charge in [-0.3, -0.25) is 4.90 Å². The van der Waals surface area contributed by atoms with Crippen LogP contribution < -0.4 is 0 Å². The van der Waals surface area contributed by atoms with Crippen LogP contribution in [-0.4, -0.2) is 52.7 Å². The standard InChI is InChI=1S/C13H19ClN4/c14-13-4-3-12(15-16-13)10-18-7-5-17(6-8-18)9-11-1-2-11/h3-4,11H,1-2,5-10H2. The average molecular weight is 267 g/mol. The highest BCUT2D eigenvalue weighted by Crippen LogP contribution is 2.29. The van der Waals surface area contributed by atoms with Crippen LogP contribution in [-0.2, 0) is 6.54 Å². The number of halogens is 1. The SMILES string of the molecule is Clc1ccc(CN2CCN(CC3CC3)CC2)nn1. The van der Waals surface area contributed by atoms with Crippen molar-refractivity contribution >= 4 is 11.6 Å². The fraction of sp³-hybridized carbons (Fsp3) is 0.692. The molecule has 2 heterocycles. The zero-order valence-electron chi connectivity index (χ0n) is 10.6. The molecule has 0 amide bonds. The van der Waals surface area contributed by atoms with E-state index in [1.165, 1.54) is 32.5 Å². The molecule has 2 aliphatic rings. The second-order valence-electron chi connectivity index (χ2n) is 5.37. The molecule has 3 rings (SSSR count). The molecule has 0 bridgehead atoms. The zero-order valence-corrected chi connectivity index (χ0v) is 11.3. The summed E-state index contributed by atoms with van der Waals surface area (Å²) in [6, 6.07) is 3.78. The number of hydrogen-bond donors (Lipinski definition) is 0. The molecule has 1 aliphatic heterocycles. The first-order valence-corrected chi connectivity index (χ1v) is 7.10. The number of aromatic nitrogens is 2. The fourth-order valence-electron chi connectivity index (χ4n) is 2.45. The Bertz CT molecular complexity index is 382. The number of rotatable bonds is 4. The van der Waals surface area contributed by atoms with Gasteiger partial charge in [0.05, 0.1) is 5.69 Å². The van der Waals surface area contributed by atoms with Crippen molar-refractivity contribution in [2.75, 3.05) is 32.7 Å². The molecule has 1 aliphatic carbocycles. The Labute approximate surface area is 113 Å². The number of nitrogens with zero attached hydrogens (tertiary/aromatic N) is 4. The van der Waals surface area contributed by atoms with Gasteiger partial charge in [0.2, 0.25) is 0 Å². The van der Waals surface area contributed by atoms with Crippen LogP contribution in [0.5, 0.6) is 0 Å². The molecule has 0 radical (unpaired) electrons. The molecule has 1 saturated heterocycles. The predicted molar refractivity (Wildman–Crippen MR) is 71.5 cm³/mol. The lowest BCUT2D eigenvalue weighted by Crippen LogP contribution is -2.46. The first kappa shape index (κ1) is 12.3. The topological polar surface area (TPSA) is 32.3 Å². The van der Waals surface area contributed by atoms with Crippen molar-refractivity contribution in [3.8, 4) is 0 Å². The van der Waals surface area contributed by atoms with E-state index >= 15 is 0 Å². The van der Waals surface area contributed by atoms with Crippen LogP contribution in [0.1, 0.15) is 18.5 Å². The van der Waals surface area contributed by atoms with Crippen LogP contribution in [0, 0.1) is 5.92 Å². The highest BCUT2D eigenvalue weighted by Gasteiger charge is 2.26. The van der Waals surface area contributed by atoms with Gasteiger partial charge in [-0.05, 0) is 30.9 Å². The van der Waals surface area contributed by atoms with E-state index < -0.39 is 0 Å². The Morgan fingerprint density at radius 3 is 2.39 bits per heavy atom. The van der Waals surface area contributed by atoms with Crippen molar-refractivity contribution in [1.82, 2.24) is 20.0 Å². The van der Waals surface area contributed by atoms with Gasteiger partial charge in [-0.2, -0.15) is 5.10 Å². The molecular formula is C13H19ClN4. The van der Waals surface area contributed by atoms with Crippen molar-refractivity contribution in [3.63, 3.8) is 0 Å². The lowest BCUT2D eigenvalue weighted by atomic mass is 10.2. The summed E-state index contributed by atoms with van der Waals surface area (Å²) in [7, 11) is 0. The third-order valence-electron chi connectivity index (χ3n) is 3.75. The van der Waals surface area contributed by atoms with Gasteiger partial charge in [0, 0.05) is 39.3 Å². The summed E-state index contributed by atoms with van der Waals surface area (Å²) < 4.78 is 0. The summed E-state index contributed by atoms with van der Waals surface area (Å²) in [5.41, 5.74) is 1.01. The maximum atomic E-state index is 5.73. The minimum absolute atomic E-state index is 0.466. The van der Waals surface area contributed by atoms with E-state index in [1.807, 2.05) is 12.1 Å². The Balaban J connectivity index is 1.45. The van der Waals surface area contributed by atoms with Crippen molar-refractivity contribution in [2.45, 2.75) is 19.4 Å². The van der Waals surface area contributed by atoms with Crippen molar-refractivity contribution in [1.29, 1.82) is 0 Å². The van der Waals surface area contributed by atoms with Crippen molar-refractivity contribution in [3.05, 3.63) is 23.0 Å². The number of hydrogen-bond acceptors (Lipinski definition) is 4. The normalized spacial score (nSPS) is 22.3. The molecule has 4 nitrogen and oxygen atoms in total. The van der Waals surface area contributed by atoms with Gasteiger partial charge in [0.25, 0.3) is 0 Å². The Kier molecular flexibility index (Phi) is 3.77. The molecule has 18 heavy (non-hydrogen) atoms. The Morgan fingerprint density at radius 1 is 1.06 bits per heavy atom. The monoisotopic (exact) mass is 266 g/mol. The third-order valence-corrected chi connectivity index (χ3v) is 3.95. The van der Waals surface area contributed by atoms with Crippen molar-refractivity contribution < 1.29 is 0 Å². The molecule has 1 aromatic rings. The quantitative estimate of drug-likeness (QED) is 0.830. The predicted octanol–water partition coefficient (Wildman–Crippen LogP) is 1.66. The third kappa shape index (κ3) is 3.40. The lowest BCUT2D eigenvalue weighted by molar-refractivity contribution is 0.122. The van der Waals surface area contributed by atoms with E-state index in [2.05, 4.69) is 20.0 Å². The molecule has 1 aromatic heterocycles. The number of piperazine rings is 1. The van der Waals surface area contributed by atoms with Crippen LogP contribution in [0.2, 0.25) is 5.15 Å². The van der Waals surface area contributed by atoms with Crippen LogP contribution >= 0.6 is 11.6 Å². The molecule has 0 unspecified atom stereocenters. The van der Waals surface area contributed by atoms with E-state index in [-0.39, 0.29) is 0 Å². The average Bonchev–Trinajstić information content (AvgIpc) is 3.19. The zero-order chi connectivity index (χ0) is 12.4. The smallest absolute Gasteiger partial charge is 0.151 e. The first-order chi connectivity index (χ1) is 8.79. The summed E-state index contributed by atoms with van der Waals surface area (Å²) in [4.78, 5) is 5.04. The minimum atomic E-state index is 0.466. The second-order valence-corrected chi connectivity index (χ2v) is 5.75. The molecule has 0 N–H and O–H groups in total. The van der Waals surface area contributed by atoms with Gasteiger partial charge < -0.3 is 4.90 Å². The van der Waals surface area contributed by atoms with Crippen LogP contribution in [0.3, 0.4) is 0 Å². The van der Waals surface area contributed by atoms with Gasteiger partial charge in [-0.1, -0.05) is 11.6 Å². The van der Waals surface area contributed by atoms with E-state index in [1.54, 1.807) is 0 Å². The maximum absolute atomic E-state index is 5.73. The Hall–Kier alpha value is -0.710. The van der Waals surface area contributed by atoms with E-state index in [0.717, 1.165) is 31.2 Å². The fourth-order valence-corrected chi connectivity index (χ4v) is 2.55. The van der Waals surface area contributed by atoms with E-state index in [9.17, 15) is 0 Å². The largest absolute Gasteiger partial charge is 0.301 e. The minimum Gasteiger partial charge on any atom is -0.301 e. The molecule has 1 saturated carbocycles. The Morgan fingerprint density at radius 2 is 1.78 bits per heavy atom.